The highest BCUT2D eigenvalue weighted by atomic mass is 32.2. The Kier molecular flexibility index (Phi) is 4.49. The molecule has 6 heteroatoms. The third kappa shape index (κ3) is 3.41. The molecule has 4 nitrogen and oxygen atoms in total. The van der Waals surface area contributed by atoms with Gasteiger partial charge < -0.3 is 5.11 Å². The van der Waals surface area contributed by atoms with Gasteiger partial charge in [0.2, 0.25) is 10.0 Å². The van der Waals surface area contributed by atoms with Crippen molar-refractivity contribution in [3.05, 3.63) is 65.5 Å². The lowest BCUT2D eigenvalue weighted by Gasteiger charge is -2.09. The van der Waals surface area contributed by atoms with Gasteiger partial charge in [-0.1, -0.05) is 30.3 Å². The summed E-state index contributed by atoms with van der Waals surface area (Å²) >= 11 is 0. The molecule has 0 aromatic heterocycles. The zero-order valence-electron chi connectivity index (χ0n) is 10.6. The smallest absolute Gasteiger partial charge is 0.240 e. The summed E-state index contributed by atoms with van der Waals surface area (Å²) in [6.45, 7) is -0.132. The van der Waals surface area contributed by atoms with Crippen molar-refractivity contribution in [1.82, 2.24) is 4.72 Å². The van der Waals surface area contributed by atoms with Crippen LogP contribution in [-0.2, 0) is 23.2 Å². The van der Waals surface area contributed by atoms with Crippen LogP contribution in [0.15, 0.2) is 53.4 Å². The monoisotopic (exact) mass is 295 g/mol. The first kappa shape index (κ1) is 14.6. The van der Waals surface area contributed by atoms with E-state index < -0.39 is 15.8 Å². The second-order valence-corrected chi connectivity index (χ2v) is 5.98. The maximum Gasteiger partial charge on any atom is 0.240 e. The highest BCUT2D eigenvalue weighted by Gasteiger charge is 2.14. The Morgan fingerprint density at radius 1 is 1.05 bits per heavy atom. The maximum absolute atomic E-state index is 13.1. The first-order valence-corrected chi connectivity index (χ1v) is 7.44. The molecule has 0 aliphatic rings. The molecule has 0 saturated carbocycles. The number of nitrogens with one attached hydrogen (secondary N) is 1. The van der Waals surface area contributed by atoms with E-state index in [2.05, 4.69) is 4.72 Å². The molecule has 0 aliphatic heterocycles. The minimum Gasteiger partial charge on any atom is -0.392 e. The highest BCUT2D eigenvalue weighted by Crippen LogP contribution is 2.13. The van der Waals surface area contributed by atoms with Crippen molar-refractivity contribution in [2.24, 2.45) is 0 Å². The van der Waals surface area contributed by atoms with Crippen molar-refractivity contribution >= 4 is 10.0 Å². The van der Waals surface area contributed by atoms with Gasteiger partial charge in [-0.25, -0.2) is 17.5 Å². The summed E-state index contributed by atoms with van der Waals surface area (Å²) in [7, 11) is -3.78. The first-order valence-electron chi connectivity index (χ1n) is 5.96. The van der Waals surface area contributed by atoms with E-state index in [-0.39, 0.29) is 18.0 Å². The van der Waals surface area contributed by atoms with Crippen LogP contribution in [0, 0.1) is 5.82 Å². The summed E-state index contributed by atoms with van der Waals surface area (Å²) in [6.07, 6.45) is 0. The number of aliphatic hydroxyl groups excluding tert-OH is 1. The second kappa shape index (κ2) is 6.13. The van der Waals surface area contributed by atoms with Crippen LogP contribution in [-0.4, -0.2) is 13.5 Å². The summed E-state index contributed by atoms with van der Waals surface area (Å²) in [6, 6.07) is 11.8. The molecular weight excluding hydrogens is 281 g/mol. The van der Waals surface area contributed by atoms with E-state index in [9.17, 15) is 17.9 Å². The van der Waals surface area contributed by atoms with Crippen LogP contribution in [0.25, 0.3) is 0 Å². The van der Waals surface area contributed by atoms with Crippen molar-refractivity contribution in [3.8, 4) is 0 Å². The Morgan fingerprint density at radius 2 is 1.75 bits per heavy atom. The molecule has 2 rings (SSSR count). The van der Waals surface area contributed by atoms with Gasteiger partial charge in [0.15, 0.2) is 0 Å². The molecule has 2 aromatic carbocycles. The average Bonchev–Trinajstić information content (AvgIpc) is 2.45. The predicted molar refractivity (Wildman–Crippen MR) is 72.8 cm³/mol. The molecule has 0 heterocycles. The topological polar surface area (TPSA) is 66.4 Å². The van der Waals surface area contributed by atoms with Crippen molar-refractivity contribution < 1.29 is 17.9 Å². The fourth-order valence-corrected chi connectivity index (χ4v) is 2.81. The van der Waals surface area contributed by atoms with Crippen LogP contribution in [0.3, 0.4) is 0 Å². The third-order valence-electron chi connectivity index (χ3n) is 2.85. The van der Waals surface area contributed by atoms with E-state index in [4.69, 9.17) is 0 Å². The zero-order valence-corrected chi connectivity index (χ0v) is 11.4. The molecule has 106 valence electrons. The highest BCUT2D eigenvalue weighted by molar-refractivity contribution is 7.89. The van der Waals surface area contributed by atoms with Gasteiger partial charge in [-0.05, 0) is 29.3 Å². The Morgan fingerprint density at radius 3 is 2.40 bits per heavy atom. The molecule has 0 aliphatic carbocycles. The van der Waals surface area contributed by atoms with Crippen LogP contribution in [0.2, 0.25) is 0 Å². The molecule has 0 unspecified atom stereocenters. The molecule has 0 amide bonds. The van der Waals surface area contributed by atoms with E-state index >= 15 is 0 Å². The number of sulfonamides is 1. The number of benzene rings is 2. The van der Waals surface area contributed by atoms with Gasteiger partial charge in [-0.3, -0.25) is 0 Å². The summed E-state index contributed by atoms with van der Waals surface area (Å²) < 4.78 is 39.5. The molecular formula is C14H14FNO3S. The van der Waals surface area contributed by atoms with Crippen LogP contribution in [0.4, 0.5) is 4.39 Å². The van der Waals surface area contributed by atoms with Gasteiger partial charge in [0.25, 0.3) is 0 Å². The van der Waals surface area contributed by atoms with Crippen LogP contribution in [0.1, 0.15) is 11.1 Å². The summed E-state index contributed by atoms with van der Waals surface area (Å²) in [4.78, 5) is -0.126. The van der Waals surface area contributed by atoms with E-state index in [1.165, 1.54) is 18.2 Å². The van der Waals surface area contributed by atoms with Crippen molar-refractivity contribution in [2.75, 3.05) is 0 Å². The summed E-state index contributed by atoms with van der Waals surface area (Å²) in [5, 5.41) is 9.17. The normalized spacial score (nSPS) is 11.5. The van der Waals surface area contributed by atoms with Crippen LogP contribution >= 0.6 is 0 Å². The van der Waals surface area contributed by atoms with E-state index in [1.807, 2.05) is 0 Å². The summed E-state index contributed by atoms with van der Waals surface area (Å²) in [5.41, 5.74) is 1.32. The number of hydrogen-bond acceptors (Lipinski definition) is 3. The Balaban J connectivity index is 2.17. The second-order valence-electron chi connectivity index (χ2n) is 4.21. The molecule has 0 atom stereocenters. The molecule has 0 fully saturated rings. The quantitative estimate of drug-likeness (QED) is 0.884. The van der Waals surface area contributed by atoms with Gasteiger partial charge in [0.1, 0.15) is 5.82 Å². The molecule has 0 spiro atoms. The maximum atomic E-state index is 13.1. The number of halogens is 1. The Hall–Kier alpha value is -1.76. The minimum absolute atomic E-state index is 0.0373. The van der Waals surface area contributed by atoms with Gasteiger partial charge >= 0.3 is 0 Å². The van der Waals surface area contributed by atoms with Gasteiger partial charge in [-0.2, -0.15) is 0 Å². The van der Waals surface area contributed by atoms with Crippen molar-refractivity contribution in [1.29, 1.82) is 0 Å². The molecule has 2 N–H and O–H groups in total. The predicted octanol–water partition coefficient (Wildman–Crippen LogP) is 1.80. The standard InChI is InChI=1S/C14H14FNO3S/c15-13-6-3-7-14(8-13)20(18,19)16-9-11-4-1-2-5-12(11)10-17/h1-8,16-17H,9-10H2. The fraction of sp³-hybridized carbons (Fsp3) is 0.143. The van der Waals surface area contributed by atoms with E-state index in [1.54, 1.807) is 24.3 Å². The van der Waals surface area contributed by atoms with Crippen molar-refractivity contribution in [2.45, 2.75) is 18.0 Å². The Labute approximate surface area is 116 Å². The molecule has 0 saturated heterocycles. The number of aliphatic hydroxyl groups is 1. The molecule has 20 heavy (non-hydrogen) atoms. The third-order valence-corrected chi connectivity index (χ3v) is 4.25. The lowest BCUT2D eigenvalue weighted by Crippen LogP contribution is -2.23. The van der Waals surface area contributed by atoms with Crippen LogP contribution < -0.4 is 4.72 Å². The molecule has 2 aromatic rings. The average molecular weight is 295 g/mol. The van der Waals surface area contributed by atoms with Crippen molar-refractivity contribution in [3.63, 3.8) is 0 Å². The largest absolute Gasteiger partial charge is 0.392 e. The minimum atomic E-state index is -3.78. The lowest BCUT2D eigenvalue weighted by molar-refractivity contribution is 0.280. The van der Waals surface area contributed by atoms with Gasteiger partial charge in [-0.15, -0.1) is 0 Å². The van der Waals surface area contributed by atoms with Gasteiger partial charge in [0, 0.05) is 6.54 Å². The number of rotatable bonds is 5. The lowest BCUT2D eigenvalue weighted by atomic mass is 10.1. The first-order chi connectivity index (χ1) is 9.53. The Bertz CT molecular complexity index is 701. The SMILES string of the molecule is O=S(=O)(NCc1ccccc1CO)c1cccc(F)c1. The fourth-order valence-electron chi connectivity index (χ4n) is 1.77. The summed E-state index contributed by atoms with van der Waals surface area (Å²) in [5.74, 6) is -0.608. The van der Waals surface area contributed by atoms with Crippen LogP contribution in [0.5, 0.6) is 0 Å². The molecule has 0 bridgehead atoms. The van der Waals surface area contributed by atoms with E-state index in [0.717, 1.165) is 6.07 Å². The van der Waals surface area contributed by atoms with Gasteiger partial charge in [0.05, 0.1) is 11.5 Å². The number of hydrogen-bond donors (Lipinski definition) is 2. The zero-order chi connectivity index (χ0) is 14.6. The van der Waals surface area contributed by atoms with E-state index in [0.29, 0.717) is 11.1 Å². The molecule has 0 radical (unpaired) electrons.